The number of nitrogens with zero attached hydrogens (tertiary/aromatic N) is 1. The number of carbonyl (C=O) groups is 1. The van der Waals surface area contributed by atoms with Gasteiger partial charge >= 0.3 is 0 Å². The Morgan fingerprint density at radius 2 is 1.75 bits per heavy atom. The van der Waals surface area contributed by atoms with Crippen molar-refractivity contribution in [2.24, 2.45) is 11.7 Å². The SMILES string of the molecule is NC[C@@H]1CN(C(=O)c2ccc(OC3CCOCC3)cc2)C[C@H]1c1ccccc1. The smallest absolute Gasteiger partial charge is 0.253 e. The fourth-order valence-corrected chi connectivity index (χ4v) is 4.20. The van der Waals surface area contributed by atoms with Gasteiger partial charge in [0.15, 0.2) is 0 Å². The highest BCUT2D eigenvalue weighted by Crippen LogP contribution is 2.33. The second-order valence-electron chi connectivity index (χ2n) is 7.68. The highest BCUT2D eigenvalue weighted by atomic mass is 16.5. The van der Waals surface area contributed by atoms with Crippen LogP contribution in [0.4, 0.5) is 0 Å². The summed E-state index contributed by atoms with van der Waals surface area (Å²) in [6.45, 7) is 3.50. The van der Waals surface area contributed by atoms with Gasteiger partial charge in [-0.3, -0.25) is 4.79 Å². The number of rotatable bonds is 5. The average molecular weight is 380 g/mol. The van der Waals surface area contributed by atoms with Crippen molar-refractivity contribution in [3.05, 3.63) is 65.7 Å². The lowest BCUT2D eigenvalue weighted by molar-refractivity contribution is 0.0256. The normalized spacial score (nSPS) is 23.0. The number of ether oxygens (including phenoxy) is 2. The Bertz CT molecular complexity index is 772. The van der Waals surface area contributed by atoms with Crippen molar-refractivity contribution >= 4 is 5.91 Å². The van der Waals surface area contributed by atoms with E-state index in [4.69, 9.17) is 15.2 Å². The maximum atomic E-state index is 13.0. The Labute approximate surface area is 166 Å². The Hall–Kier alpha value is -2.37. The summed E-state index contributed by atoms with van der Waals surface area (Å²) in [5.41, 5.74) is 7.96. The van der Waals surface area contributed by atoms with Crippen molar-refractivity contribution in [2.45, 2.75) is 24.9 Å². The monoisotopic (exact) mass is 380 g/mol. The van der Waals surface area contributed by atoms with Crippen LogP contribution in [0, 0.1) is 5.92 Å². The van der Waals surface area contributed by atoms with Crippen molar-refractivity contribution in [1.29, 1.82) is 0 Å². The first-order valence-corrected chi connectivity index (χ1v) is 10.1. The first-order valence-electron chi connectivity index (χ1n) is 10.1. The summed E-state index contributed by atoms with van der Waals surface area (Å²) < 4.78 is 11.4. The average Bonchev–Trinajstić information content (AvgIpc) is 3.20. The van der Waals surface area contributed by atoms with E-state index >= 15 is 0 Å². The minimum absolute atomic E-state index is 0.0643. The number of benzene rings is 2. The predicted molar refractivity (Wildman–Crippen MR) is 109 cm³/mol. The summed E-state index contributed by atoms with van der Waals surface area (Å²) >= 11 is 0. The molecule has 1 amide bonds. The fraction of sp³-hybridized carbons (Fsp3) is 0.435. The molecule has 2 aliphatic rings. The molecular formula is C23H28N2O3. The Morgan fingerprint density at radius 1 is 1.04 bits per heavy atom. The molecule has 0 radical (unpaired) electrons. The molecule has 0 unspecified atom stereocenters. The Kier molecular flexibility index (Phi) is 5.93. The molecule has 2 N–H and O–H groups in total. The van der Waals surface area contributed by atoms with Crippen molar-refractivity contribution < 1.29 is 14.3 Å². The third-order valence-corrected chi connectivity index (χ3v) is 5.83. The van der Waals surface area contributed by atoms with Gasteiger partial charge in [-0.2, -0.15) is 0 Å². The van der Waals surface area contributed by atoms with Crippen LogP contribution in [-0.4, -0.2) is 49.8 Å². The molecule has 2 fully saturated rings. The molecular weight excluding hydrogens is 352 g/mol. The van der Waals surface area contributed by atoms with Crippen LogP contribution in [0.3, 0.4) is 0 Å². The maximum absolute atomic E-state index is 13.0. The van der Waals surface area contributed by atoms with E-state index in [1.54, 1.807) is 0 Å². The minimum atomic E-state index is 0.0643. The van der Waals surface area contributed by atoms with Gasteiger partial charge in [-0.1, -0.05) is 30.3 Å². The van der Waals surface area contributed by atoms with Gasteiger partial charge in [0.05, 0.1) is 13.2 Å². The van der Waals surface area contributed by atoms with E-state index in [0.29, 0.717) is 37.0 Å². The van der Waals surface area contributed by atoms with Gasteiger partial charge < -0.3 is 20.1 Å². The number of hydrogen-bond donors (Lipinski definition) is 1. The zero-order valence-corrected chi connectivity index (χ0v) is 16.1. The first kappa shape index (κ1) is 19.0. The van der Waals surface area contributed by atoms with E-state index in [1.807, 2.05) is 47.4 Å². The van der Waals surface area contributed by atoms with Gasteiger partial charge in [0.2, 0.25) is 0 Å². The topological polar surface area (TPSA) is 64.8 Å². The molecule has 5 heteroatoms. The number of nitrogens with two attached hydrogens (primary N) is 1. The van der Waals surface area contributed by atoms with E-state index in [0.717, 1.165) is 31.8 Å². The van der Waals surface area contributed by atoms with Crippen molar-refractivity contribution in [2.75, 3.05) is 32.8 Å². The highest BCUT2D eigenvalue weighted by Gasteiger charge is 2.35. The minimum Gasteiger partial charge on any atom is -0.490 e. The van der Waals surface area contributed by atoms with E-state index in [1.165, 1.54) is 5.56 Å². The van der Waals surface area contributed by atoms with Crippen LogP contribution in [-0.2, 0) is 4.74 Å². The molecule has 2 aliphatic heterocycles. The van der Waals surface area contributed by atoms with Crippen LogP contribution in [0.5, 0.6) is 5.75 Å². The molecule has 0 bridgehead atoms. The van der Waals surface area contributed by atoms with Crippen molar-refractivity contribution in [1.82, 2.24) is 4.90 Å². The number of hydrogen-bond acceptors (Lipinski definition) is 4. The zero-order chi connectivity index (χ0) is 19.3. The molecule has 0 aromatic heterocycles. The fourth-order valence-electron chi connectivity index (χ4n) is 4.20. The summed E-state index contributed by atoms with van der Waals surface area (Å²) in [5.74, 6) is 1.47. The maximum Gasteiger partial charge on any atom is 0.253 e. The van der Waals surface area contributed by atoms with Crippen LogP contribution in [0.15, 0.2) is 54.6 Å². The third kappa shape index (κ3) is 4.21. The molecule has 0 aliphatic carbocycles. The van der Waals surface area contributed by atoms with Gasteiger partial charge in [-0.15, -0.1) is 0 Å². The largest absolute Gasteiger partial charge is 0.490 e. The van der Waals surface area contributed by atoms with Crippen molar-refractivity contribution in [3.8, 4) is 5.75 Å². The van der Waals surface area contributed by atoms with Gasteiger partial charge in [0.1, 0.15) is 11.9 Å². The summed E-state index contributed by atoms with van der Waals surface area (Å²) in [7, 11) is 0. The van der Waals surface area contributed by atoms with E-state index in [9.17, 15) is 4.79 Å². The van der Waals surface area contributed by atoms with Crippen LogP contribution in [0.1, 0.15) is 34.7 Å². The quantitative estimate of drug-likeness (QED) is 0.866. The molecule has 2 saturated heterocycles. The Morgan fingerprint density at radius 3 is 2.43 bits per heavy atom. The second-order valence-corrected chi connectivity index (χ2v) is 7.68. The van der Waals surface area contributed by atoms with E-state index in [2.05, 4.69) is 12.1 Å². The molecule has 2 aromatic rings. The van der Waals surface area contributed by atoms with Gasteiger partial charge in [-0.05, 0) is 42.3 Å². The van der Waals surface area contributed by atoms with E-state index in [-0.39, 0.29) is 12.0 Å². The van der Waals surface area contributed by atoms with E-state index < -0.39 is 0 Å². The van der Waals surface area contributed by atoms with Crippen LogP contribution >= 0.6 is 0 Å². The summed E-state index contributed by atoms with van der Waals surface area (Å²) in [6, 6.07) is 17.9. The number of likely N-dealkylation sites (tertiary alicyclic amines) is 1. The molecule has 0 spiro atoms. The Balaban J connectivity index is 1.41. The zero-order valence-electron chi connectivity index (χ0n) is 16.1. The van der Waals surface area contributed by atoms with Gasteiger partial charge in [0.25, 0.3) is 5.91 Å². The number of amides is 1. The van der Waals surface area contributed by atoms with Crippen LogP contribution < -0.4 is 10.5 Å². The molecule has 2 heterocycles. The molecule has 0 saturated carbocycles. The molecule has 2 atom stereocenters. The molecule has 5 nitrogen and oxygen atoms in total. The van der Waals surface area contributed by atoms with Gasteiger partial charge in [-0.25, -0.2) is 0 Å². The van der Waals surface area contributed by atoms with Crippen molar-refractivity contribution in [3.63, 3.8) is 0 Å². The molecule has 28 heavy (non-hydrogen) atoms. The van der Waals surface area contributed by atoms with Crippen LogP contribution in [0.2, 0.25) is 0 Å². The number of carbonyl (C=O) groups excluding carboxylic acids is 1. The summed E-state index contributed by atoms with van der Waals surface area (Å²) in [6.07, 6.45) is 2.02. The summed E-state index contributed by atoms with van der Waals surface area (Å²) in [4.78, 5) is 14.9. The lowest BCUT2D eigenvalue weighted by Crippen LogP contribution is -2.29. The second kappa shape index (κ2) is 8.76. The lowest BCUT2D eigenvalue weighted by atomic mass is 9.89. The molecule has 2 aromatic carbocycles. The first-order chi connectivity index (χ1) is 13.7. The predicted octanol–water partition coefficient (Wildman–Crippen LogP) is 3.06. The highest BCUT2D eigenvalue weighted by molar-refractivity contribution is 5.94. The molecule has 4 rings (SSSR count). The molecule has 148 valence electrons. The summed E-state index contributed by atoms with van der Waals surface area (Å²) in [5, 5.41) is 0. The third-order valence-electron chi connectivity index (χ3n) is 5.83. The van der Waals surface area contributed by atoms with Crippen LogP contribution in [0.25, 0.3) is 0 Å². The standard InChI is InChI=1S/C23H28N2O3/c24-14-19-15-25(16-22(19)17-4-2-1-3-5-17)23(26)18-6-8-20(9-7-18)28-21-10-12-27-13-11-21/h1-9,19,21-22H,10-16,24H2/t19-,22+/m1/s1. The lowest BCUT2D eigenvalue weighted by Gasteiger charge is -2.23. The van der Waals surface area contributed by atoms with Gasteiger partial charge in [0, 0.05) is 37.4 Å².